The van der Waals surface area contributed by atoms with Crippen molar-refractivity contribution in [1.82, 2.24) is 10.2 Å². The number of anilines is 1. The maximum atomic E-state index is 4.09. The molecule has 0 amide bonds. The van der Waals surface area contributed by atoms with Crippen molar-refractivity contribution >= 4 is 16.5 Å². The largest absolute Gasteiger partial charge is 0.357 e. The van der Waals surface area contributed by atoms with Crippen molar-refractivity contribution in [3.05, 3.63) is 5.01 Å². The molecule has 0 unspecified atom stereocenters. The Morgan fingerprint density at radius 1 is 1.21 bits per heavy atom. The van der Waals surface area contributed by atoms with E-state index in [0.717, 1.165) is 16.1 Å². The maximum absolute atomic E-state index is 4.09. The summed E-state index contributed by atoms with van der Waals surface area (Å²) in [7, 11) is 0. The molecule has 1 aliphatic carbocycles. The van der Waals surface area contributed by atoms with Crippen LogP contribution in [0.1, 0.15) is 37.6 Å². The lowest BCUT2D eigenvalue weighted by Gasteiger charge is -2.26. The minimum atomic E-state index is 0.624. The molecule has 1 aromatic heterocycles. The molecule has 0 saturated heterocycles. The summed E-state index contributed by atoms with van der Waals surface area (Å²) in [6, 6.07) is 0.624. The van der Waals surface area contributed by atoms with Gasteiger partial charge in [-0.1, -0.05) is 18.3 Å². The fraction of sp³-hybridized carbons (Fsp3) is 0.800. The van der Waals surface area contributed by atoms with Crippen LogP contribution < -0.4 is 5.32 Å². The van der Waals surface area contributed by atoms with Gasteiger partial charge in [0.15, 0.2) is 0 Å². The number of nitrogens with zero attached hydrogens (tertiary/aromatic N) is 2. The predicted octanol–water partition coefficient (Wildman–Crippen LogP) is 2.84. The molecule has 1 aromatic rings. The summed E-state index contributed by atoms with van der Waals surface area (Å²) in [5.41, 5.74) is 0. The number of nitrogens with one attached hydrogen (secondary N) is 1. The Bertz CT molecular complexity index is 289. The van der Waals surface area contributed by atoms with E-state index in [9.17, 15) is 0 Å². The topological polar surface area (TPSA) is 37.8 Å². The Balaban J connectivity index is 1.86. The van der Waals surface area contributed by atoms with E-state index < -0.39 is 0 Å². The number of aryl methyl sites for hydroxylation is 1. The number of rotatable bonds is 2. The minimum absolute atomic E-state index is 0.624. The zero-order valence-corrected chi connectivity index (χ0v) is 9.60. The highest BCUT2D eigenvalue weighted by molar-refractivity contribution is 7.15. The van der Waals surface area contributed by atoms with Crippen LogP contribution in [0.4, 0.5) is 5.13 Å². The molecular weight excluding hydrogens is 194 g/mol. The molecule has 4 heteroatoms. The second-order valence-corrected chi connectivity index (χ2v) is 5.41. The molecule has 0 atom stereocenters. The van der Waals surface area contributed by atoms with Crippen molar-refractivity contribution in [3.63, 3.8) is 0 Å². The fourth-order valence-corrected chi connectivity index (χ4v) is 2.60. The Labute approximate surface area is 88.9 Å². The summed E-state index contributed by atoms with van der Waals surface area (Å²) in [6.45, 7) is 4.33. The zero-order valence-electron chi connectivity index (χ0n) is 8.79. The zero-order chi connectivity index (χ0) is 9.97. The smallest absolute Gasteiger partial charge is 0.205 e. The average molecular weight is 211 g/mol. The first kappa shape index (κ1) is 9.90. The van der Waals surface area contributed by atoms with Crippen LogP contribution in [0.2, 0.25) is 0 Å². The van der Waals surface area contributed by atoms with Gasteiger partial charge in [0.05, 0.1) is 0 Å². The highest BCUT2D eigenvalue weighted by Gasteiger charge is 2.18. The lowest BCUT2D eigenvalue weighted by molar-refractivity contribution is 0.361. The van der Waals surface area contributed by atoms with E-state index in [0.29, 0.717) is 6.04 Å². The molecule has 0 spiro atoms. The van der Waals surface area contributed by atoms with Crippen molar-refractivity contribution in [2.24, 2.45) is 5.92 Å². The normalized spacial score (nSPS) is 27.6. The fourth-order valence-electron chi connectivity index (χ4n) is 1.93. The summed E-state index contributed by atoms with van der Waals surface area (Å²) >= 11 is 1.65. The van der Waals surface area contributed by atoms with Gasteiger partial charge in [-0.2, -0.15) is 0 Å². The van der Waals surface area contributed by atoms with Crippen LogP contribution in [0, 0.1) is 12.8 Å². The van der Waals surface area contributed by atoms with Crippen LogP contribution in [0.3, 0.4) is 0 Å². The van der Waals surface area contributed by atoms with E-state index in [1.807, 2.05) is 6.92 Å². The lowest BCUT2D eigenvalue weighted by atomic mass is 9.87. The standard InChI is InChI=1S/C10H17N3S/c1-7-3-5-9(6-4-7)11-10-13-12-8(2)14-10/h7,9H,3-6H2,1-2H3,(H,11,13). The SMILES string of the molecule is Cc1nnc(NC2CCC(C)CC2)s1. The van der Waals surface area contributed by atoms with E-state index in [-0.39, 0.29) is 0 Å². The van der Waals surface area contributed by atoms with E-state index >= 15 is 0 Å². The van der Waals surface area contributed by atoms with Crippen LogP contribution >= 0.6 is 11.3 Å². The molecule has 0 bridgehead atoms. The molecule has 3 nitrogen and oxygen atoms in total. The molecule has 78 valence electrons. The molecule has 1 aliphatic rings. The second kappa shape index (κ2) is 4.26. The third-order valence-corrected chi connectivity index (χ3v) is 3.64. The Morgan fingerprint density at radius 2 is 1.93 bits per heavy atom. The molecule has 2 rings (SSSR count). The molecule has 1 heterocycles. The van der Waals surface area contributed by atoms with Gasteiger partial charge in [0.2, 0.25) is 5.13 Å². The lowest BCUT2D eigenvalue weighted by Crippen LogP contribution is -2.25. The maximum Gasteiger partial charge on any atom is 0.205 e. The van der Waals surface area contributed by atoms with Gasteiger partial charge in [0.1, 0.15) is 5.01 Å². The highest BCUT2D eigenvalue weighted by atomic mass is 32.1. The van der Waals surface area contributed by atoms with Gasteiger partial charge in [-0.05, 0) is 38.5 Å². The summed E-state index contributed by atoms with van der Waals surface area (Å²) in [4.78, 5) is 0. The van der Waals surface area contributed by atoms with Gasteiger partial charge < -0.3 is 5.32 Å². The van der Waals surface area contributed by atoms with E-state index in [2.05, 4.69) is 22.4 Å². The first-order chi connectivity index (χ1) is 6.74. The summed E-state index contributed by atoms with van der Waals surface area (Å²) in [5.74, 6) is 0.907. The van der Waals surface area contributed by atoms with Gasteiger partial charge in [0, 0.05) is 6.04 Å². The molecule has 0 radical (unpaired) electrons. The summed E-state index contributed by atoms with van der Waals surface area (Å²) < 4.78 is 0. The quantitative estimate of drug-likeness (QED) is 0.817. The number of hydrogen-bond donors (Lipinski definition) is 1. The van der Waals surface area contributed by atoms with Crippen molar-refractivity contribution in [2.45, 2.75) is 45.6 Å². The molecule has 0 aliphatic heterocycles. The Morgan fingerprint density at radius 3 is 2.50 bits per heavy atom. The molecule has 1 saturated carbocycles. The Kier molecular flexibility index (Phi) is 3.01. The second-order valence-electron chi connectivity index (χ2n) is 4.23. The van der Waals surface area contributed by atoms with Crippen molar-refractivity contribution in [3.8, 4) is 0 Å². The van der Waals surface area contributed by atoms with Gasteiger partial charge in [0.25, 0.3) is 0 Å². The molecule has 1 fully saturated rings. The summed E-state index contributed by atoms with van der Waals surface area (Å²) in [6.07, 6.45) is 5.24. The van der Waals surface area contributed by atoms with Crippen molar-refractivity contribution in [1.29, 1.82) is 0 Å². The van der Waals surface area contributed by atoms with E-state index in [4.69, 9.17) is 0 Å². The van der Waals surface area contributed by atoms with Gasteiger partial charge in [-0.15, -0.1) is 10.2 Å². The third kappa shape index (κ3) is 2.44. The van der Waals surface area contributed by atoms with Gasteiger partial charge in [-0.25, -0.2) is 0 Å². The highest BCUT2D eigenvalue weighted by Crippen LogP contribution is 2.26. The van der Waals surface area contributed by atoms with E-state index in [1.165, 1.54) is 25.7 Å². The van der Waals surface area contributed by atoms with Crippen molar-refractivity contribution < 1.29 is 0 Å². The first-order valence-electron chi connectivity index (χ1n) is 5.30. The summed E-state index contributed by atoms with van der Waals surface area (Å²) in [5, 5.41) is 13.6. The molecule has 1 N–H and O–H groups in total. The monoisotopic (exact) mass is 211 g/mol. The van der Waals surface area contributed by atoms with Crippen LogP contribution in [0.5, 0.6) is 0 Å². The van der Waals surface area contributed by atoms with Crippen LogP contribution in [-0.2, 0) is 0 Å². The number of aromatic nitrogens is 2. The van der Waals surface area contributed by atoms with Crippen LogP contribution in [-0.4, -0.2) is 16.2 Å². The first-order valence-corrected chi connectivity index (χ1v) is 6.12. The van der Waals surface area contributed by atoms with Gasteiger partial charge in [-0.3, -0.25) is 0 Å². The van der Waals surface area contributed by atoms with E-state index in [1.54, 1.807) is 11.3 Å². The molecule has 0 aromatic carbocycles. The van der Waals surface area contributed by atoms with Gasteiger partial charge >= 0.3 is 0 Å². The van der Waals surface area contributed by atoms with Crippen LogP contribution in [0.25, 0.3) is 0 Å². The van der Waals surface area contributed by atoms with Crippen molar-refractivity contribution in [2.75, 3.05) is 5.32 Å². The predicted molar refractivity (Wildman–Crippen MR) is 59.7 cm³/mol. The Hall–Kier alpha value is -0.640. The average Bonchev–Trinajstić information content (AvgIpc) is 2.56. The minimum Gasteiger partial charge on any atom is -0.357 e. The molecular formula is C10H17N3S. The number of hydrogen-bond acceptors (Lipinski definition) is 4. The van der Waals surface area contributed by atoms with Crippen LogP contribution in [0.15, 0.2) is 0 Å². The third-order valence-electron chi connectivity index (χ3n) is 2.87. The molecule has 14 heavy (non-hydrogen) atoms.